The lowest BCUT2D eigenvalue weighted by Gasteiger charge is -2.15. The number of alkyl halides is 1. The lowest BCUT2D eigenvalue weighted by atomic mass is 10.2. The maximum Gasteiger partial charge on any atom is 0.287 e. The van der Waals surface area contributed by atoms with Gasteiger partial charge in [-0.25, -0.2) is 0 Å². The number of furan rings is 1. The minimum Gasteiger partial charge on any atom is -0.493 e. The smallest absolute Gasteiger partial charge is 0.287 e. The van der Waals surface area contributed by atoms with E-state index in [9.17, 15) is 4.79 Å². The first-order chi connectivity index (χ1) is 11.2. The highest BCUT2D eigenvalue weighted by Crippen LogP contribution is 2.31. The zero-order chi connectivity index (χ0) is 16.7. The monoisotopic (exact) mass is 337 g/mol. The molecular weight excluding hydrogens is 318 g/mol. The quantitative estimate of drug-likeness (QED) is 0.745. The summed E-state index contributed by atoms with van der Waals surface area (Å²) < 4.78 is 16.4. The summed E-state index contributed by atoms with van der Waals surface area (Å²) in [5.41, 5.74) is 0.843. The number of rotatable bonds is 8. The highest BCUT2D eigenvalue weighted by atomic mass is 35.5. The lowest BCUT2D eigenvalue weighted by Crippen LogP contribution is -2.22. The molecular formula is C17H20ClNO4. The second-order valence-corrected chi connectivity index (χ2v) is 5.15. The van der Waals surface area contributed by atoms with Gasteiger partial charge in [0, 0.05) is 12.1 Å². The second-order valence-electron chi connectivity index (χ2n) is 4.88. The third-order valence-electron chi connectivity index (χ3n) is 3.19. The molecule has 0 bridgehead atoms. The zero-order valence-electron chi connectivity index (χ0n) is 13.2. The zero-order valence-corrected chi connectivity index (χ0v) is 14.0. The van der Waals surface area contributed by atoms with Gasteiger partial charge in [-0.3, -0.25) is 4.79 Å². The molecule has 0 saturated heterocycles. The molecule has 5 nitrogen and oxygen atoms in total. The van der Waals surface area contributed by atoms with Crippen molar-refractivity contribution < 1.29 is 18.7 Å². The average molecular weight is 338 g/mol. The molecule has 1 heterocycles. The fourth-order valence-electron chi connectivity index (χ4n) is 2.06. The van der Waals surface area contributed by atoms with Crippen molar-refractivity contribution in [3.8, 4) is 11.5 Å². The van der Waals surface area contributed by atoms with E-state index in [0.717, 1.165) is 12.0 Å². The highest BCUT2D eigenvalue weighted by molar-refractivity contribution is 6.16. The number of halogens is 1. The highest BCUT2D eigenvalue weighted by Gasteiger charge is 2.14. The summed E-state index contributed by atoms with van der Waals surface area (Å²) in [5.74, 6) is 2.03. The number of ether oxygens (including phenoxy) is 2. The van der Waals surface area contributed by atoms with Crippen molar-refractivity contribution in [2.45, 2.75) is 25.8 Å². The van der Waals surface area contributed by atoms with Crippen LogP contribution in [0.1, 0.15) is 35.2 Å². The van der Waals surface area contributed by atoms with Crippen molar-refractivity contribution >= 4 is 17.5 Å². The molecule has 1 aromatic heterocycles. The Kier molecular flexibility index (Phi) is 6.35. The first-order valence-corrected chi connectivity index (χ1v) is 7.94. The summed E-state index contributed by atoms with van der Waals surface area (Å²) in [4.78, 5) is 12.1. The SMILES string of the molecule is CCCOc1c(CNC(=O)c2ccc(CCl)o2)cccc1OC. The predicted molar refractivity (Wildman–Crippen MR) is 88.2 cm³/mol. The molecule has 0 radical (unpaired) electrons. The van der Waals surface area contributed by atoms with Gasteiger partial charge in [-0.05, 0) is 24.6 Å². The Bertz CT molecular complexity index is 654. The minimum absolute atomic E-state index is 0.234. The van der Waals surface area contributed by atoms with Crippen molar-refractivity contribution in [3.05, 3.63) is 47.4 Å². The number of nitrogens with one attached hydrogen (secondary N) is 1. The second kappa shape index (κ2) is 8.48. The number of benzene rings is 1. The first-order valence-electron chi connectivity index (χ1n) is 7.41. The summed E-state index contributed by atoms with van der Waals surface area (Å²) in [7, 11) is 1.59. The van der Waals surface area contributed by atoms with E-state index >= 15 is 0 Å². The van der Waals surface area contributed by atoms with Crippen LogP contribution in [0.2, 0.25) is 0 Å². The Hall–Kier alpha value is -2.14. The number of para-hydroxylation sites is 1. The van der Waals surface area contributed by atoms with Gasteiger partial charge in [-0.15, -0.1) is 11.6 Å². The van der Waals surface area contributed by atoms with E-state index < -0.39 is 0 Å². The van der Waals surface area contributed by atoms with Crippen LogP contribution in [-0.4, -0.2) is 19.6 Å². The molecule has 0 aliphatic carbocycles. The number of hydrogen-bond donors (Lipinski definition) is 1. The molecule has 0 saturated carbocycles. The Balaban J connectivity index is 2.08. The molecule has 124 valence electrons. The molecule has 6 heteroatoms. The van der Waals surface area contributed by atoms with E-state index in [4.69, 9.17) is 25.5 Å². The fraction of sp³-hybridized carbons (Fsp3) is 0.353. The summed E-state index contributed by atoms with van der Waals surface area (Å²) >= 11 is 5.66. The molecule has 0 aliphatic heterocycles. The number of hydrogen-bond acceptors (Lipinski definition) is 4. The first kappa shape index (κ1) is 17.2. The number of methoxy groups -OCH3 is 1. The minimum atomic E-state index is -0.300. The number of carbonyl (C=O) groups excluding carboxylic acids is 1. The Morgan fingerprint density at radius 3 is 2.78 bits per heavy atom. The number of amides is 1. The van der Waals surface area contributed by atoms with Crippen molar-refractivity contribution in [3.63, 3.8) is 0 Å². The summed E-state index contributed by atoms with van der Waals surface area (Å²) in [6.07, 6.45) is 0.886. The van der Waals surface area contributed by atoms with E-state index in [-0.39, 0.29) is 17.5 Å². The van der Waals surface area contributed by atoms with Crippen LogP contribution in [0, 0.1) is 0 Å². The summed E-state index contributed by atoms with van der Waals surface area (Å²) in [6, 6.07) is 8.86. The Labute approximate surface area is 140 Å². The maximum atomic E-state index is 12.1. The van der Waals surface area contributed by atoms with Gasteiger partial charge in [-0.1, -0.05) is 19.1 Å². The Morgan fingerprint density at radius 1 is 1.30 bits per heavy atom. The van der Waals surface area contributed by atoms with Gasteiger partial charge in [0.25, 0.3) is 5.91 Å². The van der Waals surface area contributed by atoms with Crippen LogP contribution in [0.5, 0.6) is 11.5 Å². The van der Waals surface area contributed by atoms with Crippen LogP contribution in [0.3, 0.4) is 0 Å². The third-order valence-corrected chi connectivity index (χ3v) is 3.45. The molecule has 1 amide bonds. The maximum absolute atomic E-state index is 12.1. The third kappa shape index (κ3) is 4.42. The van der Waals surface area contributed by atoms with E-state index in [1.807, 2.05) is 25.1 Å². The normalized spacial score (nSPS) is 10.4. The molecule has 1 N–H and O–H groups in total. The van der Waals surface area contributed by atoms with Crippen LogP contribution in [0.15, 0.2) is 34.7 Å². The van der Waals surface area contributed by atoms with Gasteiger partial charge in [0.05, 0.1) is 19.6 Å². The molecule has 0 atom stereocenters. The molecule has 0 aliphatic rings. The van der Waals surface area contributed by atoms with Gasteiger partial charge in [0.15, 0.2) is 17.3 Å². The van der Waals surface area contributed by atoms with Crippen molar-refractivity contribution in [1.29, 1.82) is 0 Å². The standard InChI is InChI=1S/C17H20ClNO4/c1-3-9-22-16-12(5-4-6-14(16)21-2)11-19-17(20)15-8-7-13(10-18)23-15/h4-8H,3,9-11H2,1-2H3,(H,19,20). The van der Waals surface area contributed by atoms with Gasteiger partial charge in [0.1, 0.15) is 5.76 Å². The largest absolute Gasteiger partial charge is 0.493 e. The molecule has 0 spiro atoms. The van der Waals surface area contributed by atoms with Crippen LogP contribution in [0.4, 0.5) is 0 Å². The molecule has 0 unspecified atom stereocenters. The molecule has 1 aromatic carbocycles. The fourth-order valence-corrected chi connectivity index (χ4v) is 2.21. The summed E-state index contributed by atoms with van der Waals surface area (Å²) in [6.45, 7) is 2.92. The van der Waals surface area contributed by atoms with Crippen LogP contribution in [0.25, 0.3) is 0 Å². The number of carbonyl (C=O) groups is 1. The predicted octanol–water partition coefficient (Wildman–Crippen LogP) is 3.75. The van der Waals surface area contributed by atoms with E-state index in [1.165, 1.54) is 0 Å². The summed E-state index contributed by atoms with van der Waals surface area (Å²) in [5, 5.41) is 2.81. The van der Waals surface area contributed by atoms with Crippen molar-refractivity contribution in [2.75, 3.05) is 13.7 Å². The van der Waals surface area contributed by atoms with Gasteiger partial charge >= 0.3 is 0 Å². The topological polar surface area (TPSA) is 60.7 Å². The van der Waals surface area contributed by atoms with Crippen LogP contribution >= 0.6 is 11.6 Å². The Morgan fingerprint density at radius 2 is 2.13 bits per heavy atom. The average Bonchev–Trinajstić information content (AvgIpc) is 3.07. The van der Waals surface area contributed by atoms with Crippen molar-refractivity contribution in [1.82, 2.24) is 5.32 Å². The van der Waals surface area contributed by atoms with Gasteiger partial charge in [-0.2, -0.15) is 0 Å². The van der Waals surface area contributed by atoms with Crippen LogP contribution < -0.4 is 14.8 Å². The van der Waals surface area contributed by atoms with E-state index in [1.54, 1.807) is 19.2 Å². The molecule has 0 fully saturated rings. The lowest BCUT2D eigenvalue weighted by molar-refractivity contribution is 0.0921. The molecule has 2 rings (SSSR count). The van der Waals surface area contributed by atoms with Crippen molar-refractivity contribution in [2.24, 2.45) is 0 Å². The molecule has 2 aromatic rings. The van der Waals surface area contributed by atoms with Gasteiger partial charge < -0.3 is 19.2 Å². The van der Waals surface area contributed by atoms with E-state index in [0.29, 0.717) is 30.4 Å². The van der Waals surface area contributed by atoms with Gasteiger partial charge in [0.2, 0.25) is 0 Å². The molecule has 23 heavy (non-hydrogen) atoms. The van der Waals surface area contributed by atoms with E-state index in [2.05, 4.69) is 5.32 Å². The van der Waals surface area contributed by atoms with Crippen LogP contribution in [-0.2, 0) is 12.4 Å².